The van der Waals surface area contributed by atoms with E-state index in [0.717, 1.165) is 18.7 Å². The quantitative estimate of drug-likeness (QED) is 0.281. The normalized spacial score (nSPS) is 24.1. The summed E-state index contributed by atoms with van der Waals surface area (Å²) < 4.78 is 25.1. The number of thioether (sulfide) groups is 1. The van der Waals surface area contributed by atoms with E-state index in [9.17, 15) is 19.2 Å². The molecule has 1 fully saturated rings. The molecule has 1 aliphatic heterocycles. The highest BCUT2D eigenvalue weighted by atomic mass is 35.6. The van der Waals surface area contributed by atoms with Crippen molar-refractivity contribution in [2.45, 2.75) is 59.2 Å². The first kappa shape index (κ1) is 29.3. The molecule has 0 aliphatic carbocycles. The van der Waals surface area contributed by atoms with Crippen molar-refractivity contribution < 1.29 is 42.9 Å². The predicted octanol–water partition coefficient (Wildman–Crippen LogP) is 3.40. The molecular formula is C21H24Cl3NO9S. The standard InChI is InChI=1S/C21H24Cl3NO9S/c1-11(26)30-9-15-17(32-12(2)27)18(33-13(3)28)16(25-20(29)31-10-21(22,23)24)19(34-15)35-14-7-5-4-6-8-14/h4-8,15-19H,9-10H2,1-3H3,(H,25,29)/t15-,16-,17+,18+,19-/m0/s1. The lowest BCUT2D eigenvalue weighted by Crippen LogP contribution is -2.65. The molecule has 1 aromatic carbocycles. The summed E-state index contributed by atoms with van der Waals surface area (Å²) in [4.78, 5) is 48.5. The average molecular weight is 573 g/mol. The van der Waals surface area contributed by atoms with Gasteiger partial charge in [0.15, 0.2) is 12.2 Å². The Labute approximate surface area is 221 Å². The molecule has 35 heavy (non-hydrogen) atoms. The molecule has 1 saturated heterocycles. The number of halogens is 3. The van der Waals surface area contributed by atoms with E-state index in [1.54, 1.807) is 24.3 Å². The molecule has 14 heteroatoms. The fourth-order valence-electron chi connectivity index (χ4n) is 3.11. The highest BCUT2D eigenvalue weighted by Gasteiger charge is 2.51. The molecule has 10 nitrogen and oxygen atoms in total. The Hall–Kier alpha value is -1.92. The first-order valence-corrected chi connectivity index (χ1v) is 12.2. The van der Waals surface area contributed by atoms with Crippen molar-refractivity contribution in [2.24, 2.45) is 0 Å². The van der Waals surface area contributed by atoms with Crippen molar-refractivity contribution in [2.75, 3.05) is 13.2 Å². The van der Waals surface area contributed by atoms with Crippen molar-refractivity contribution in [1.82, 2.24) is 5.32 Å². The third-order valence-corrected chi connectivity index (χ3v) is 5.86. The fraction of sp³-hybridized carbons (Fsp3) is 0.524. The number of rotatable bonds is 8. The SMILES string of the molecule is CC(=O)OC[C@@H]1O[C@@H](Sc2ccccc2)[C@@H](NC(=O)OCC(Cl)(Cl)Cl)[C@@H](OC(C)=O)[C@@H]1OC(C)=O. The highest BCUT2D eigenvalue weighted by molar-refractivity contribution is 7.99. The van der Waals surface area contributed by atoms with Crippen molar-refractivity contribution in [3.05, 3.63) is 30.3 Å². The number of nitrogens with one attached hydrogen (secondary N) is 1. The maximum atomic E-state index is 12.5. The summed E-state index contributed by atoms with van der Waals surface area (Å²) in [5.74, 6) is -2.03. The predicted molar refractivity (Wildman–Crippen MR) is 127 cm³/mol. The molecule has 0 spiro atoms. The summed E-state index contributed by atoms with van der Waals surface area (Å²) in [5, 5.41) is 2.55. The average Bonchev–Trinajstić information content (AvgIpc) is 2.74. The van der Waals surface area contributed by atoms with Crippen LogP contribution in [-0.4, -0.2) is 70.8 Å². The Balaban J connectivity index is 2.42. The summed E-state index contributed by atoms with van der Waals surface area (Å²) in [5.41, 5.74) is -0.908. The van der Waals surface area contributed by atoms with Gasteiger partial charge in [-0.05, 0) is 12.1 Å². The smallest absolute Gasteiger partial charge is 0.407 e. The maximum Gasteiger partial charge on any atom is 0.407 e. The zero-order chi connectivity index (χ0) is 26.2. The van der Waals surface area contributed by atoms with Gasteiger partial charge in [-0.2, -0.15) is 0 Å². The number of carbonyl (C=O) groups is 4. The first-order chi connectivity index (χ1) is 16.4. The third-order valence-electron chi connectivity index (χ3n) is 4.35. The van der Waals surface area contributed by atoms with Crippen LogP contribution in [0, 0.1) is 0 Å². The summed E-state index contributed by atoms with van der Waals surface area (Å²) >= 11 is 18.1. The maximum absolute atomic E-state index is 12.5. The first-order valence-electron chi connectivity index (χ1n) is 10.2. The molecule has 1 heterocycles. The molecule has 1 amide bonds. The van der Waals surface area contributed by atoms with Crippen LogP contribution in [-0.2, 0) is 38.1 Å². The van der Waals surface area contributed by atoms with Crippen LogP contribution >= 0.6 is 46.6 Å². The van der Waals surface area contributed by atoms with E-state index in [1.807, 2.05) is 6.07 Å². The van der Waals surface area contributed by atoms with E-state index < -0.39 is 64.2 Å². The van der Waals surface area contributed by atoms with Crippen LogP contribution in [0.3, 0.4) is 0 Å². The van der Waals surface area contributed by atoms with Gasteiger partial charge in [-0.1, -0.05) is 64.8 Å². The van der Waals surface area contributed by atoms with Gasteiger partial charge in [-0.3, -0.25) is 14.4 Å². The molecule has 2 rings (SSSR count). The molecule has 1 N–H and O–H groups in total. The van der Waals surface area contributed by atoms with E-state index in [2.05, 4.69) is 5.32 Å². The van der Waals surface area contributed by atoms with Crippen LogP contribution in [0.15, 0.2) is 35.2 Å². The number of hydrogen-bond acceptors (Lipinski definition) is 10. The van der Waals surface area contributed by atoms with Crippen LogP contribution in [0.5, 0.6) is 0 Å². The Morgan fingerprint density at radius 2 is 1.54 bits per heavy atom. The van der Waals surface area contributed by atoms with Gasteiger partial charge in [-0.15, -0.1) is 0 Å². The van der Waals surface area contributed by atoms with E-state index in [-0.39, 0.29) is 6.61 Å². The second kappa shape index (κ2) is 13.4. The number of hydrogen-bond donors (Lipinski definition) is 1. The largest absolute Gasteiger partial charge is 0.463 e. The second-order valence-electron chi connectivity index (χ2n) is 7.29. The molecule has 0 unspecified atom stereocenters. The van der Waals surface area contributed by atoms with E-state index in [1.165, 1.54) is 18.7 Å². The number of alkyl carbamates (subject to hydrolysis) is 1. The fourth-order valence-corrected chi connectivity index (χ4v) is 4.43. The van der Waals surface area contributed by atoms with Gasteiger partial charge < -0.3 is 29.0 Å². The van der Waals surface area contributed by atoms with Crippen molar-refractivity contribution in [3.63, 3.8) is 0 Å². The topological polar surface area (TPSA) is 126 Å². The molecule has 194 valence electrons. The number of alkyl halides is 3. The zero-order valence-electron chi connectivity index (χ0n) is 18.9. The molecule has 0 radical (unpaired) electrons. The van der Waals surface area contributed by atoms with Gasteiger partial charge in [0.2, 0.25) is 3.79 Å². The molecule has 0 saturated carbocycles. The molecule has 1 aliphatic rings. The van der Waals surface area contributed by atoms with Gasteiger partial charge in [-0.25, -0.2) is 4.79 Å². The van der Waals surface area contributed by atoms with Crippen LogP contribution in [0.4, 0.5) is 4.79 Å². The molecule has 1 aromatic rings. The molecular weight excluding hydrogens is 549 g/mol. The Morgan fingerprint density at radius 1 is 0.943 bits per heavy atom. The lowest BCUT2D eigenvalue weighted by molar-refractivity contribution is -0.211. The monoisotopic (exact) mass is 571 g/mol. The van der Waals surface area contributed by atoms with Crippen LogP contribution in [0.25, 0.3) is 0 Å². The van der Waals surface area contributed by atoms with Gasteiger partial charge in [0, 0.05) is 25.7 Å². The van der Waals surface area contributed by atoms with E-state index >= 15 is 0 Å². The van der Waals surface area contributed by atoms with E-state index in [4.69, 9.17) is 58.5 Å². The second-order valence-corrected chi connectivity index (χ2v) is 11.0. The lowest BCUT2D eigenvalue weighted by Gasteiger charge is -2.44. The Kier molecular flexibility index (Phi) is 11.2. The number of carbonyl (C=O) groups excluding carboxylic acids is 4. The lowest BCUT2D eigenvalue weighted by atomic mass is 9.97. The van der Waals surface area contributed by atoms with Gasteiger partial charge in [0.25, 0.3) is 0 Å². The van der Waals surface area contributed by atoms with Crippen molar-refractivity contribution >= 4 is 70.6 Å². The van der Waals surface area contributed by atoms with Crippen LogP contribution in [0.2, 0.25) is 0 Å². The number of esters is 3. The number of benzene rings is 1. The molecule has 0 aromatic heterocycles. The summed E-state index contributed by atoms with van der Waals surface area (Å²) in [6.07, 6.45) is -4.50. The minimum atomic E-state index is -1.86. The zero-order valence-corrected chi connectivity index (χ0v) is 22.0. The van der Waals surface area contributed by atoms with E-state index in [0.29, 0.717) is 0 Å². The third kappa shape index (κ3) is 10.3. The Morgan fingerprint density at radius 3 is 2.09 bits per heavy atom. The highest BCUT2D eigenvalue weighted by Crippen LogP contribution is 2.36. The van der Waals surface area contributed by atoms with Crippen molar-refractivity contribution in [1.29, 1.82) is 0 Å². The van der Waals surface area contributed by atoms with Crippen LogP contribution < -0.4 is 5.32 Å². The summed E-state index contributed by atoms with van der Waals surface area (Å²) in [7, 11) is 0. The van der Waals surface area contributed by atoms with Crippen molar-refractivity contribution in [3.8, 4) is 0 Å². The number of amides is 1. The van der Waals surface area contributed by atoms with Gasteiger partial charge in [0.05, 0.1) is 0 Å². The number of ether oxygens (including phenoxy) is 5. The molecule has 5 atom stereocenters. The minimum Gasteiger partial charge on any atom is -0.463 e. The summed E-state index contributed by atoms with van der Waals surface area (Å²) in [6, 6.07) is 7.91. The molecule has 0 bridgehead atoms. The van der Waals surface area contributed by atoms with Gasteiger partial charge >= 0.3 is 24.0 Å². The summed E-state index contributed by atoms with van der Waals surface area (Å²) in [6.45, 7) is 2.64. The minimum absolute atomic E-state index is 0.304. The Bertz CT molecular complexity index is 900. The van der Waals surface area contributed by atoms with Gasteiger partial charge in [0.1, 0.15) is 30.8 Å². The van der Waals surface area contributed by atoms with Crippen LogP contribution in [0.1, 0.15) is 20.8 Å².